The lowest BCUT2D eigenvalue weighted by atomic mass is 10.3. The van der Waals surface area contributed by atoms with Crippen LogP contribution in [0.15, 0.2) is 31.0 Å². The zero-order chi connectivity index (χ0) is 11.5. The lowest BCUT2D eigenvalue weighted by Gasteiger charge is -2.28. The highest BCUT2D eigenvalue weighted by Gasteiger charge is 2.12. The minimum absolute atomic E-state index is 0.665. The van der Waals surface area contributed by atoms with E-state index >= 15 is 0 Å². The Morgan fingerprint density at radius 1 is 1.18 bits per heavy atom. The molecular formula is C11H14N6. The monoisotopic (exact) mass is 230 g/mol. The van der Waals surface area contributed by atoms with Crippen LogP contribution in [0.3, 0.4) is 0 Å². The summed E-state index contributed by atoms with van der Waals surface area (Å²) in [5, 5.41) is 3.33. The second-order valence-electron chi connectivity index (χ2n) is 3.92. The highest BCUT2D eigenvalue weighted by Crippen LogP contribution is 2.12. The predicted molar refractivity (Wildman–Crippen MR) is 64.2 cm³/mol. The summed E-state index contributed by atoms with van der Waals surface area (Å²) in [6.07, 6.45) is 7.06. The Hall–Kier alpha value is -1.95. The van der Waals surface area contributed by atoms with Crippen LogP contribution in [0.1, 0.15) is 0 Å². The molecule has 3 heterocycles. The molecule has 0 amide bonds. The van der Waals surface area contributed by atoms with Gasteiger partial charge in [-0.1, -0.05) is 0 Å². The molecule has 1 aliphatic heterocycles. The smallest absolute Gasteiger partial charge is 0.236 e. The molecule has 3 rings (SSSR count). The standard InChI is InChI=1S/C11H14N6/c1-2-14-11(17-8-5-13-9-17)15-10(1)16-6-3-12-4-7-16/h1-2,5,8-9,12H,3-4,6-7H2. The van der Waals surface area contributed by atoms with E-state index in [1.165, 1.54) is 0 Å². The van der Waals surface area contributed by atoms with E-state index in [0.29, 0.717) is 5.95 Å². The van der Waals surface area contributed by atoms with E-state index in [-0.39, 0.29) is 0 Å². The molecule has 6 heteroatoms. The second-order valence-corrected chi connectivity index (χ2v) is 3.92. The molecule has 0 spiro atoms. The zero-order valence-corrected chi connectivity index (χ0v) is 9.45. The van der Waals surface area contributed by atoms with E-state index in [2.05, 4.69) is 25.2 Å². The summed E-state index contributed by atoms with van der Waals surface area (Å²) < 4.78 is 1.81. The topological polar surface area (TPSA) is 58.9 Å². The largest absolute Gasteiger partial charge is 0.354 e. The number of piperazine rings is 1. The molecule has 1 saturated heterocycles. The van der Waals surface area contributed by atoms with Crippen LogP contribution in [-0.4, -0.2) is 45.7 Å². The van der Waals surface area contributed by atoms with Crippen LogP contribution in [0.25, 0.3) is 5.95 Å². The third-order valence-electron chi connectivity index (χ3n) is 2.80. The summed E-state index contributed by atoms with van der Waals surface area (Å²) in [5.41, 5.74) is 0. The van der Waals surface area contributed by atoms with Crippen LogP contribution in [0.2, 0.25) is 0 Å². The number of anilines is 1. The molecule has 0 unspecified atom stereocenters. The zero-order valence-electron chi connectivity index (χ0n) is 9.45. The van der Waals surface area contributed by atoms with Gasteiger partial charge in [0.05, 0.1) is 0 Å². The number of imidazole rings is 1. The Bertz CT molecular complexity index is 474. The fraction of sp³-hybridized carbons (Fsp3) is 0.364. The first kappa shape index (κ1) is 10.2. The van der Waals surface area contributed by atoms with E-state index in [4.69, 9.17) is 0 Å². The first-order valence-electron chi connectivity index (χ1n) is 5.70. The lowest BCUT2D eigenvalue weighted by Crippen LogP contribution is -2.44. The Kier molecular flexibility index (Phi) is 2.71. The van der Waals surface area contributed by atoms with Crippen molar-refractivity contribution >= 4 is 5.82 Å². The molecule has 6 nitrogen and oxygen atoms in total. The summed E-state index contributed by atoms with van der Waals surface area (Å²) in [5.74, 6) is 1.64. The van der Waals surface area contributed by atoms with Crippen molar-refractivity contribution in [3.63, 3.8) is 0 Å². The van der Waals surface area contributed by atoms with Gasteiger partial charge in [0, 0.05) is 44.8 Å². The molecular weight excluding hydrogens is 216 g/mol. The highest BCUT2D eigenvalue weighted by atomic mass is 15.3. The first-order chi connectivity index (χ1) is 8.43. The second kappa shape index (κ2) is 4.50. The van der Waals surface area contributed by atoms with Crippen molar-refractivity contribution in [3.05, 3.63) is 31.0 Å². The van der Waals surface area contributed by atoms with Crippen LogP contribution >= 0.6 is 0 Å². The van der Waals surface area contributed by atoms with Gasteiger partial charge in [0.2, 0.25) is 5.95 Å². The van der Waals surface area contributed by atoms with Crippen molar-refractivity contribution in [1.82, 2.24) is 24.8 Å². The average molecular weight is 230 g/mol. The third kappa shape index (κ3) is 2.12. The summed E-state index contributed by atoms with van der Waals surface area (Å²) in [7, 11) is 0. The number of hydrogen-bond acceptors (Lipinski definition) is 5. The summed E-state index contributed by atoms with van der Waals surface area (Å²) in [6.45, 7) is 3.98. The van der Waals surface area contributed by atoms with Crippen LogP contribution in [0.4, 0.5) is 5.82 Å². The van der Waals surface area contributed by atoms with Crippen LogP contribution < -0.4 is 10.2 Å². The van der Waals surface area contributed by atoms with Gasteiger partial charge in [0.25, 0.3) is 0 Å². The number of hydrogen-bond donors (Lipinski definition) is 1. The molecule has 0 aliphatic carbocycles. The maximum Gasteiger partial charge on any atom is 0.236 e. The molecule has 2 aromatic heterocycles. The van der Waals surface area contributed by atoms with Crippen LogP contribution in [0.5, 0.6) is 0 Å². The Balaban J connectivity index is 1.88. The van der Waals surface area contributed by atoms with Crippen LogP contribution in [-0.2, 0) is 0 Å². The van der Waals surface area contributed by atoms with E-state index in [9.17, 15) is 0 Å². The SMILES string of the molecule is c1cn(-c2nccc(N3CCNCC3)n2)cn1. The molecule has 0 bridgehead atoms. The number of nitrogens with zero attached hydrogens (tertiary/aromatic N) is 5. The van der Waals surface area contributed by atoms with E-state index < -0.39 is 0 Å². The molecule has 1 aliphatic rings. The molecule has 0 atom stereocenters. The van der Waals surface area contributed by atoms with Crippen molar-refractivity contribution in [1.29, 1.82) is 0 Å². The minimum atomic E-state index is 0.665. The Morgan fingerprint density at radius 2 is 2.06 bits per heavy atom. The first-order valence-corrected chi connectivity index (χ1v) is 5.70. The van der Waals surface area contributed by atoms with Crippen LogP contribution in [0, 0.1) is 0 Å². The van der Waals surface area contributed by atoms with Gasteiger partial charge in [0.15, 0.2) is 0 Å². The number of aromatic nitrogens is 4. The molecule has 0 saturated carbocycles. The maximum absolute atomic E-state index is 4.55. The molecule has 0 aromatic carbocycles. The van der Waals surface area contributed by atoms with Gasteiger partial charge in [-0.15, -0.1) is 0 Å². The van der Waals surface area contributed by atoms with Gasteiger partial charge >= 0.3 is 0 Å². The quantitative estimate of drug-likeness (QED) is 0.791. The fourth-order valence-corrected chi connectivity index (χ4v) is 1.91. The van der Waals surface area contributed by atoms with E-state index in [1.54, 1.807) is 18.7 Å². The molecule has 2 aromatic rings. The normalized spacial score (nSPS) is 16.1. The van der Waals surface area contributed by atoms with Crippen molar-refractivity contribution in [2.24, 2.45) is 0 Å². The van der Waals surface area contributed by atoms with Gasteiger partial charge in [-0.2, -0.15) is 4.98 Å². The van der Waals surface area contributed by atoms with E-state index in [1.807, 2.05) is 16.8 Å². The summed E-state index contributed by atoms with van der Waals surface area (Å²) in [4.78, 5) is 15.1. The highest BCUT2D eigenvalue weighted by molar-refractivity contribution is 5.40. The number of nitrogens with one attached hydrogen (secondary N) is 1. The molecule has 88 valence electrons. The Labute approximate surface area is 99.3 Å². The van der Waals surface area contributed by atoms with Crippen molar-refractivity contribution in [2.45, 2.75) is 0 Å². The Morgan fingerprint density at radius 3 is 2.82 bits per heavy atom. The van der Waals surface area contributed by atoms with Gasteiger partial charge in [0.1, 0.15) is 12.1 Å². The molecule has 17 heavy (non-hydrogen) atoms. The third-order valence-corrected chi connectivity index (χ3v) is 2.80. The van der Waals surface area contributed by atoms with Gasteiger partial charge < -0.3 is 10.2 Å². The molecule has 1 N–H and O–H groups in total. The van der Waals surface area contributed by atoms with Gasteiger partial charge in [-0.3, -0.25) is 4.57 Å². The van der Waals surface area contributed by atoms with Gasteiger partial charge in [-0.05, 0) is 6.07 Å². The molecule has 0 radical (unpaired) electrons. The fourth-order valence-electron chi connectivity index (χ4n) is 1.91. The van der Waals surface area contributed by atoms with Crippen molar-refractivity contribution in [3.8, 4) is 5.95 Å². The predicted octanol–water partition coefficient (Wildman–Crippen LogP) is 0.0719. The summed E-state index contributed by atoms with van der Waals surface area (Å²) >= 11 is 0. The van der Waals surface area contributed by atoms with Gasteiger partial charge in [-0.25, -0.2) is 9.97 Å². The lowest BCUT2D eigenvalue weighted by molar-refractivity contribution is 0.584. The average Bonchev–Trinajstić information content (AvgIpc) is 2.94. The maximum atomic E-state index is 4.55. The van der Waals surface area contributed by atoms with Crippen molar-refractivity contribution in [2.75, 3.05) is 31.1 Å². The summed E-state index contributed by atoms with van der Waals surface area (Å²) in [6, 6.07) is 1.95. The number of rotatable bonds is 2. The van der Waals surface area contributed by atoms with E-state index in [0.717, 1.165) is 32.0 Å². The minimum Gasteiger partial charge on any atom is -0.354 e. The molecule has 1 fully saturated rings. The van der Waals surface area contributed by atoms with Crippen molar-refractivity contribution < 1.29 is 0 Å².